The third-order valence-corrected chi connectivity index (χ3v) is 2.95. The van der Waals surface area contributed by atoms with Crippen LogP contribution in [0.4, 0.5) is 11.6 Å². The van der Waals surface area contributed by atoms with Crippen molar-refractivity contribution in [3.63, 3.8) is 0 Å². The van der Waals surface area contributed by atoms with E-state index in [1.807, 2.05) is 5.48 Å². The molecule has 0 spiro atoms. The molecule has 1 aromatic carbocycles. The van der Waals surface area contributed by atoms with Gasteiger partial charge < -0.3 is 4.42 Å². The molecule has 0 saturated carbocycles. The highest BCUT2D eigenvalue weighted by Crippen LogP contribution is 2.16. The highest BCUT2D eigenvalue weighted by Gasteiger charge is 2.10. The summed E-state index contributed by atoms with van der Waals surface area (Å²) in [5.74, 6) is -0.134. The summed E-state index contributed by atoms with van der Waals surface area (Å²) < 4.78 is 4.90. The molecule has 2 aromatic rings. The van der Waals surface area contributed by atoms with Gasteiger partial charge in [0.25, 0.3) is 0 Å². The van der Waals surface area contributed by atoms with Crippen molar-refractivity contribution in [2.75, 3.05) is 0 Å². The monoisotopic (exact) mass is 349 g/mol. The van der Waals surface area contributed by atoms with Crippen LogP contribution >= 0.6 is 11.6 Å². The van der Waals surface area contributed by atoms with Crippen molar-refractivity contribution in [3.05, 3.63) is 57.3 Å². The molecule has 1 heterocycles. The summed E-state index contributed by atoms with van der Waals surface area (Å²) >= 11 is 5.79. The summed E-state index contributed by atoms with van der Waals surface area (Å²) in [4.78, 5) is 14.0. The van der Waals surface area contributed by atoms with E-state index < -0.39 is 4.92 Å². The van der Waals surface area contributed by atoms with Gasteiger partial charge in [-0.05, 0) is 37.3 Å². The second kappa shape index (κ2) is 7.99. The van der Waals surface area contributed by atoms with Gasteiger partial charge in [0, 0.05) is 5.02 Å². The Hall–Kier alpha value is -3.04. The Morgan fingerprint density at radius 1 is 1.33 bits per heavy atom. The van der Waals surface area contributed by atoms with Gasteiger partial charge in [-0.1, -0.05) is 11.6 Å². The first-order valence-electron chi connectivity index (χ1n) is 6.56. The van der Waals surface area contributed by atoms with Crippen molar-refractivity contribution in [2.45, 2.75) is 6.92 Å². The van der Waals surface area contributed by atoms with E-state index in [2.05, 4.69) is 15.2 Å². The first kappa shape index (κ1) is 17.3. The van der Waals surface area contributed by atoms with Gasteiger partial charge in [-0.15, -0.1) is 0 Å². The lowest BCUT2D eigenvalue weighted by molar-refractivity contribution is -0.402. The quantitative estimate of drug-likeness (QED) is 0.370. The highest BCUT2D eigenvalue weighted by atomic mass is 35.5. The van der Waals surface area contributed by atoms with Crippen LogP contribution in [0.1, 0.15) is 12.7 Å². The molecule has 0 aliphatic rings. The van der Waals surface area contributed by atoms with E-state index in [-0.39, 0.29) is 23.2 Å². The van der Waals surface area contributed by atoms with E-state index in [0.29, 0.717) is 10.7 Å². The fourth-order valence-corrected chi connectivity index (χ4v) is 1.69. The summed E-state index contributed by atoms with van der Waals surface area (Å²) in [6.07, 6.45) is 1.20. The molecule has 9 nitrogen and oxygen atoms in total. The fourth-order valence-electron chi connectivity index (χ4n) is 1.56. The number of amidine groups is 1. The predicted octanol–water partition coefficient (Wildman–Crippen LogP) is 3.35. The van der Waals surface area contributed by atoms with Gasteiger partial charge in [-0.3, -0.25) is 20.8 Å². The SMILES string of the molecule is CC(=NN=Cc1ccc([N+](=O)[O-])o1)C(=Nc1ccc(Cl)cc1)NO. The largest absolute Gasteiger partial charge is 0.433 e. The highest BCUT2D eigenvalue weighted by molar-refractivity contribution is 6.40. The van der Waals surface area contributed by atoms with Crippen LogP contribution in [0.25, 0.3) is 0 Å². The van der Waals surface area contributed by atoms with Gasteiger partial charge in [-0.25, -0.2) is 4.99 Å². The molecule has 2 rings (SSSR count). The molecule has 2 N–H and O–H groups in total. The molecular weight excluding hydrogens is 338 g/mol. The number of hydrogen-bond donors (Lipinski definition) is 2. The molecule has 0 fully saturated rings. The van der Waals surface area contributed by atoms with Crippen LogP contribution in [0.5, 0.6) is 0 Å². The molecule has 0 unspecified atom stereocenters. The van der Waals surface area contributed by atoms with Crippen molar-refractivity contribution < 1.29 is 14.5 Å². The maximum absolute atomic E-state index is 10.5. The van der Waals surface area contributed by atoms with Gasteiger partial charge in [0.15, 0.2) is 11.6 Å². The third-order valence-electron chi connectivity index (χ3n) is 2.70. The number of nitro groups is 1. The van der Waals surface area contributed by atoms with Crippen LogP contribution in [0.3, 0.4) is 0 Å². The summed E-state index contributed by atoms with van der Waals surface area (Å²) in [5.41, 5.74) is 2.77. The van der Waals surface area contributed by atoms with Gasteiger partial charge in [0.05, 0.1) is 18.0 Å². The van der Waals surface area contributed by atoms with E-state index in [0.717, 1.165) is 0 Å². The van der Waals surface area contributed by atoms with Gasteiger partial charge in [0.2, 0.25) is 0 Å². The van der Waals surface area contributed by atoms with Crippen molar-refractivity contribution >= 4 is 40.9 Å². The number of aliphatic imine (C=N–C) groups is 1. The lowest BCUT2D eigenvalue weighted by Crippen LogP contribution is -2.26. The fraction of sp³-hybridized carbons (Fsp3) is 0.0714. The molecule has 0 bridgehead atoms. The van der Waals surface area contributed by atoms with E-state index in [1.165, 1.54) is 18.3 Å². The Kier molecular flexibility index (Phi) is 5.77. The first-order chi connectivity index (χ1) is 11.5. The minimum Gasteiger partial charge on any atom is -0.400 e. The molecular formula is C14H12ClN5O4. The average molecular weight is 350 g/mol. The summed E-state index contributed by atoms with van der Waals surface area (Å²) in [5, 5.41) is 27.8. The Morgan fingerprint density at radius 2 is 2.04 bits per heavy atom. The molecule has 10 heteroatoms. The first-order valence-corrected chi connectivity index (χ1v) is 6.94. The number of furan rings is 1. The van der Waals surface area contributed by atoms with E-state index in [9.17, 15) is 10.1 Å². The molecule has 0 saturated heterocycles. The molecule has 0 radical (unpaired) electrons. The number of benzene rings is 1. The van der Waals surface area contributed by atoms with Crippen molar-refractivity contribution in [1.29, 1.82) is 0 Å². The number of rotatable bonds is 5. The summed E-state index contributed by atoms with van der Waals surface area (Å²) in [6, 6.07) is 9.24. The van der Waals surface area contributed by atoms with Crippen molar-refractivity contribution in [3.8, 4) is 0 Å². The zero-order chi connectivity index (χ0) is 17.5. The Balaban J connectivity index is 2.13. The van der Waals surface area contributed by atoms with E-state index in [4.69, 9.17) is 21.2 Å². The van der Waals surface area contributed by atoms with E-state index >= 15 is 0 Å². The maximum atomic E-state index is 10.5. The van der Waals surface area contributed by atoms with Gasteiger partial charge in [0.1, 0.15) is 10.6 Å². The molecule has 0 aliphatic heterocycles. The number of hydroxylamine groups is 1. The van der Waals surface area contributed by atoms with Crippen LogP contribution in [0.2, 0.25) is 5.02 Å². The second-order valence-corrected chi connectivity index (χ2v) is 4.85. The lowest BCUT2D eigenvalue weighted by Gasteiger charge is -2.02. The Labute approximate surface area is 141 Å². The van der Waals surface area contributed by atoms with Gasteiger partial charge >= 0.3 is 5.88 Å². The standard InChI is InChI=1S/C14H12ClN5O4/c1-9(14(19-21)17-11-4-2-10(15)3-5-11)18-16-8-12-6-7-13(24-12)20(22)23/h2-8,21H,1H3,(H,17,19). The Morgan fingerprint density at radius 3 is 2.62 bits per heavy atom. The molecule has 24 heavy (non-hydrogen) atoms. The van der Waals surface area contributed by atoms with Gasteiger partial charge in [-0.2, -0.15) is 10.2 Å². The van der Waals surface area contributed by atoms with Crippen LogP contribution < -0.4 is 5.48 Å². The van der Waals surface area contributed by atoms with Crippen molar-refractivity contribution in [1.82, 2.24) is 5.48 Å². The number of nitrogens with zero attached hydrogens (tertiary/aromatic N) is 4. The molecule has 124 valence electrons. The lowest BCUT2D eigenvalue weighted by atomic mass is 10.3. The van der Waals surface area contributed by atoms with Crippen LogP contribution in [-0.4, -0.2) is 27.9 Å². The Bertz CT molecular complexity index is 811. The predicted molar refractivity (Wildman–Crippen MR) is 89.5 cm³/mol. The summed E-state index contributed by atoms with van der Waals surface area (Å²) in [7, 11) is 0. The zero-order valence-electron chi connectivity index (χ0n) is 12.4. The molecule has 0 aliphatic carbocycles. The molecule has 1 aromatic heterocycles. The number of hydrogen-bond acceptors (Lipinski definition) is 7. The van der Waals surface area contributed by atoms with Crippen molar-refractivity contribution in [2.24, 2.45) is 15.2 Å². The number of halogens is 1. The van der Waals surface area contributed by atoms with Crippen LogP contribution in [0, 0.1) is 10.1 Å². The zero-order valence-corrected chi connectivity index (χ0v) is 13.1. The third kappa shape index (κ3) is 4.73. The average Bonchev–Trinajstić information content (AvgIpc) is 3.03. The molecule has 0 amide bonds. The van der Waals surface area contributed by atoms with E-state index in [1.54, 1.807) is 31.2 Å². The minimum absolute atomic E-state index is 0.0832. The number of nitrogens with one attached hydrogen (secondary N) is 1. The second-order valence-electron chi connectivity index (χ2n) is 4.41. The normalized spacial score (nSPS) is 12.6. The van der Waals surface area contributed by atoms with Crippen LogP contribution in [-0.2, 0) is 0 Å². The smallest absolute Gasteiger partial charge is 0.400 e. The summed E-state index contributed by atoms with van der Waals surface area (Å²) in [6.45, 7) is 1.57. The van der Waals surface area contributed by atoms with Crippen LogP contribution in [0.15, 0.2) is 56.0 Å². The topological polar surface area (TPSA) is 126 Å². The maximum Gasteiger partial charge on any atom is 0.433 e. The minimum atomic E-state index is -0.654. The molecule has 0 atom stereocenters.